The highest BCUT2D eigenvalue weighted by atomic mass is 16.5. The fourth-order valence-electron chi connectivity index (χ4n) is 1.37. The minimum absolute atomic E-state index is 0.318. The zero-order chi connectivity index (χ0) is 13.5. The summed E-state index contributed by atoms with van der Waals surface area (Å²) in [6.45, 7) is 5.95. The van der Waals surface area contributed by atoms with Crippen LogP contribution in [0.3, 0.4) is 0 Å². The van der Waals surface area contributed by atoms with Gasteiger partial charge >= 0.3 is 5.97 Å². The van der Waals surface area contributed by atoms with E-state index in [1.54, 1.807) is 12.4 Å². The van der Waals surface area contributed by atoms with Gasteiger partial charge in [0.05, 0.1) is 24.6 Å². The van der Waals surface area contributed by atoms with Gasteiger partial charge in [-0.15, -0.1) is 0 Å². The molecule has 0 spiro atoms. The third-order valence-corrected chi connectivity index (χ3v) is 2.22. The molecule has 2 aromatic heterocycles. The molecule has 0 radical (unpaired) electrons. The van der Waals surface area contributed by atoms with Crippen LogP contribution < -0.4 is 0 Å². The number of hydrogen-bond donors (Lipinski definition) is 1. The number of aromatic nitrogens is 3. The first-order valence-electron chi connectivity index (χ1n) is 5.77. The summed E-state index contributed by atoms with van der Waals surface area (Å²) in [5.74, 6) is -0.449. The topological polar surface area (TPSA) is 67.9 Å². The fraction of sp³-hybridized carbons (Fsp3) is 0.308. The summed E-state index contributed by atoms with van der Waals surface area (Å²) in [5, 5.41) is 6.43. The summed E-state index contributed by atoms with van der Waals surface area (Å²) in [5.41, 5.74) is 2.72. The van der Waals surface area contributed by atoms with Gasteiger partial charge in [0.2, 0.25) is 0 Å². The number of aryl methyl sites for hydroxylation is 1. The molecule has 0 saturated heterocycles. The number of nitrogens with one attached hydrogen (secondary N) is 1. The molecule has 5 heteroatoms. The largest absolute Gasteiger partial charge is 0.464 e. The van der Waals surface area contributed by atoms with Crippen molar-refractivity contribution in [1.82, 2.24) is 15.2 Å². The van der Waals surface area contributed by atoms with E-state index < -0.39 is 5.97 Å². The second-order valence-corrected chi connectivity index (χ2v) is 3.37. The van der Waals surface area contributed by atoms with E-state index in [0.717, 1.165) is 5.56 Å². The summed E-state index contributed by atoms with van der Waals surface area (Å²) in [6, 6.07) is 3.77. The van der Waals surface area contributed by atoms with E-state index in [1.807, 2.05) is 32.9 Å². The third-order valence-electron chi connectivity index (χ3n) is 2.22. The van der Waals surface area contributed by atoms with Gasteiger partial charge in [-0.3, -0.25) is 10.1 Å². The van der Waals surface area contributed by atoms with Gasteiger partial charge < -0.3 is 4.74 Å². The standard InChI is InChI=1S/C11H11N3O2.C2H6/c1-7-3-4-9(12-5-7)8-6-13-14-10(8)11(15)16-2;1-2/h3-6H,1-2H3,(H,13,14);1-2H3. The minimum atomic E-state index is -0.449. The number of nitrogens with zero attached hydrogens (tertiary/aromatic N) is 2. The van der Waals surface area contributed by atoms with E-state index in [9.17, 15) is 4.79 Å². The number of ether oxygens (including phenoxy) is 1. The van der Waals surface area contributed by atoms with Gasteiger partial charge in [-0.05, 0) is 18.6 Å². The highest BCUT2D eigenvalue weighted by Gasteiger charge is 2.16. The van der Waals surface area contributed by atoms with Crippen LogP contribution in [0.2, 0.25) is 0 Å². The van der Waals surface area contributed by atoms with E-state index >= 15 is 0 Å². The summed E-state index contributed by atoms with van der Waals surface area (Å²) in [7, 11) is 1.33. The predicted molar refractivity (Wildman–Crippen MR) is 69.2 cm³/mol. The van der Waals surface area contributed by atoms with Crippen LogP contribution in [0.5, 0.6) is 0 Å². The van der Waals surface area contributed by atoms with Crippen molar-refractivity contribution in [1.29, 1.82) is 0 Å². The SMILES string of the molecule is CC.COC(=O)c1[nH]ncc1-c1ccc(C)cn1. The highest BCUT2D eigenvalue weighted by molar-refractivity contribution is 5.94. The second kappa shape index (κ2) is 6.54. The number of hydrogen-bond acceptors (Lipinski definition) is 4. The monoisotopic (exact) mass is 247 g/mol. The van der Waals surface area contributed by atoms with Gasteiger partial charge in [0, 0.05) is 6.20 Å². The van der Waals surface area contributed by atoms with Crippen LogP contribution in [0.15, 0.2) is 24.5 Å². The van der Waals surface area contributed by atoms with Crippen molar-refractivity contribution < 1.29 is 9.53 Å². The first-order chi connectivity index (χ1) is 8.72. The maximum absolute atomic E-state index is 11.4. The Kier molecular flexibility index (Phi) is 5.05. The Morgan fingerprint density at radius 1 is 1.28 bits per heavy atom. The fourth-order valence-corrected chi connectivity index (χ4v) is 1.37. The molecule has 0 aliphatic carbocycles. The molecule has 2 aromatic rings. The molecule has 0 aliphatic rings. The number of rotatable bonds is 2. The van der Waals surface area contributed by atoms with E-state index in [0.29, 0.717) is 17.0 Å². The quantitative estimate of drug-likeness (QED) is 0.828. The molecule has 0 aromatic carbocycles. The minimum Gasteiger partial charge on any atom is -0.464 e. The van der Waals surface area contributed by atoms with Gasteiger partial charge in [-0.25, -0.2) is 4.79 Å². The van der Waals surface area contributed by atoms with Gasteiger partial charge in [-0.2, -0.15) is 5.10 Å². The van der Waals surface area contributed by atoms with Gasteiger partial charge in [0.15, 0.2) is 5.69 Å². The highest BCUT2D eigenvalue weighted by Crippen LogP contribution is 2.20. The average Bonchev–Trinajstić information content (AvgIpc) is 2.90. The van der Waals surface area contributed by atoms with E-state index in [2.05, 4.69) is 19.9 Å². The smallest absolute Gasteiger partial charge is 0.356 e. The van der Waals surface area contributed by atoms with Crippen molar-refractivity contribution in [2.45, 2.75) is 20.8 Å². The molecule has 0 aliphatic heterocycles. The van der Waals surface area contributed by atoms with E-state index in [-0.39, 0.29) is 0 Å². The molecular formula is C13H17N3O2. The van der Waals surface area contributed by atoms with E-state index in [1.165, 1.54) is 7.11 Å². The Balaban J connectivity index is 0.000000771. The van der Waals surface area contributed by atoms with Gasteiger partial charge in [0.1, 0.15) is 0 Å². The Bertz CT molecular complexity index is 503. The molecule has 0 atom stereocenters. The molecule has 0 unspecified atom stereocenters. The maximum atomic E-state index is 11.4. The van der Waals surface area contributed by atoms with Crippen molar-refractivity contribution in [2.75, 3.05) is 7.11 Å². The molecule has 96 valence electrons. The Hall–Kier alpha value is -2.17. The Morgan fingerprint density at radius 2 is 2.00 bits per heavy atom. The normalized spacial score (nSPS) is 9.33. The molecule has 1 N–H and O–H groups in total. The number of carbonyl (C=O) groups excluding carboxylic acids is 1. The van der Waals surface area contributed by atoms with Crippen molar-refractivity contribution in [3.63, 3.8) is 0 Å². The maximum Gasteiger partial charge on any atom is 0.356 e. The van der Waals surface area contributed by atoms with Crippen molar-refractivity contribution in [3.8, 4) is 11.3 Å². The molecule has 0 fully saturated rings. The predicted octanol–water partition coefficient (Wildman–Crippen LogP) is 2.59. The van der Waals surface area contributed by atoms with Crippen molar-refractivity contribution in [2.24, 2.45) is 0 Å². The lowest BCUT2D eigenvalue weighted by atomic mass is 10.1. The molecule has 18 heavy (non-hydrogen) atoms. The number of H-pyrrole nitrogens is 1. The first kappa shape index (κ1) is 13.9. The number of esters is 1. The lowest BCUT2D eigenvalue weighted by Crippen LogP contribution is -2.03. The van der Waals surface area contributed by atoms with Gasteiger partial charge in [0.25, 0.3) is 0 Å². The van der Waals surface area contributed by atoms with Crippen LogP contribution in [0.25, 0.3) is 11.3 Å². The second-order valence-electron chi connectivity index (χ2n) is 3.37. The van der Waals surface area contributed by atoms with Crippen LogP contribution in [0.4, 0.5) is 0 Å². The molecule has 2 rings (SSSR count). The van der Waals surface area contributed by atoms with Crippen LogP contribution in [0.1, 0.15) is 29.9 Å². The van der Waals surface area contributed by atoms with Crippen molar-refractivity contribution in [3.05, 3.63) is 35.8 Å². The third kappa shape index (κ3) is 2.94. The molecule has 2 heterocycles. The average molecular weight is 247 g/mol. The Labute approximate surface area is 106 Å². The lowest BCUT2D eigenvalue weighted by Gasteiger charge is -2.01. The van der Waals surface area contributed by atoms with Crippen LogP contribution in [-0.2, 0) is 4.74 Å². The number of pyridine rings is 1. The molecule has 0 amide bonds. The van der Waals surface area contributed by atoms with Crippen molar-refractivity contribution >= 4 is 5.97 Å². The number of methoxy groups -OCH3 is 1. The van der Waals surface area contributed by atoms with Crippen LogP contribution in [-0.4, -0.2) is 28.3 Å². The molecular weight excluding hydrogens is 230 g/mol. The zero-order valence-electron chi connectivity index (χ0n) is 11.0. The number of aromatic amines is 1. The molecule has 0 bridgehead atoms. The summed E-state index contributed by atoms with van der Waals surface area (Å²) in [4.78, 5) is 15.6. The zero-order valence-corrected chi connectivity index (χ0v) is 11.0. The Morgan fingerprint density at radius 3 is 2.56 bits per heavy atom. The van der Waals surface area contributed by atoms with Gasteiger partial charge in [-0.1, -0.05) is 19.9 Å². The molecule has 5 nitrogen and oxygen atoms in total. The van der Waals surface area contributed by atoms with Crippen LogP contribution >= 0.6 is 0 Å². The summed E-state index contributed by atoms with van der Waals surface area (Å²) >= 11 is 0. The lowest BCUT2D eigenvalue weighted by molar-refractivity contribution is 0.0595. The first-order valence-corrected chi connectivity index (χ1v) is 5.77. The summed E-state index contributed by atoms with van der Waals surface area (Å²) < 4.78 is 4.64. The molecule has 0 saturated carbocycles. The summed E-state index contributed by atoms with van der Waals surface area (Å²) in [6.07, 6.45) is 3.30. The van der Waals surface area contributed by atoms with E-state index in [4.69, 9.17) is 0 Å². The van der Waals surface area contributed by atoms with Crippen LogP contribution in [0, 0.1) is 6.92 Å². The number of carbonyl (C=O) groups is 1.